The fourth-order valence-electron chi connectivity index (χ4n) is 1.99. The molecule has 0 unspecified atom stereocenters. The summed E-state index contributed by atoms with van der Waals surface area (Å²) in [5, 5.41) is 0. The van der Waals surface area contributed by atoms with Gasteiger partial charge in [-0.15, -0.1) is 0 Å². The van der Waals surface area contributed by atoms with Gasteiger partial charge in [0.1, 0.15) is 12.4 Å². The van der Waals surface area contributed by atoms with Crippen LogP contribution in [0.15, 0.2) is 42.5 Å². The van der Waals surface area contributed by atoms with Crippen LogP contribution in [-0.4, -0.2) is 0 Å². The summed E-state index contributed by atoms with van der Waals surface area (Å²) in [6.07, 6.45) is 1.08. The van der Waals surface area contributed by atoms with Crippen molar-refractivity contribution in [3.05, 3.63) is 64.7 Å². The van der Waals surface area contributed by atoms with E-state index >= 15 is 0 Å². The number of hydrogen-bond acceptors (Lipinski definition) is 1. The topological polar surface area (TPSA) is 9.23 Å². The zero-order chi connectivity index (χ0) is 13.0. The van der Waals surface area contributed by atoms with Crippen LogP contribution in [0.25, 0.3) is 0 Å². The molecule has 0 heterocycles. The number of ether oxygens (including phenoxy) is 1. The second-order valence-corrected chi connectivity index (χ2v) is 4.73. The van der Waals surface area contributed by atoms with Crippen LogP contribution in [-0.2, 0) is 13.0 Å². The number of hydrogen-bond donors (Lipinski definition) is 0. The van der Waals surface area contributed by atoms with E-state index in [1.54, 1.807) is 0 Å². The lowest BCUT2D eigenvalue weighted by molar-refractivity contribution is 0.304. The Balaban J connectivity index is 2.02. The van der Waals surface area contributed by atoms with Gasteiger partial charge in [0.05, 0.1) is 0 Å². The third kappa shape index (κ3) is 3.13. The number of rotatable bonds is 4. The maximum Gasteiger partial charge on any atom is 0.122 e. The van der Waals surface area contributed by atoms with Crippen LogP contribution in [0.2, 0.25) is 0 Å². The Labute approximate surface area is 109 Å². The van der Waals surface area contributed by atoms with E-state index in [0.717, 1.165) is 12.2 Å². The molecule has 2 aromatic carbocycles. The summed E-state index contributed by atoms with van der Waals surface area (Å²) < 4.78 is 5.85. The maximum absolute atomic E-state index is 5.85. The minimum atomic E-state index is 0.633. The van der Waals surface area contributed by atoms with E-state index in [9.17, 15) is 0 Å². The molecule has 94 valence electrons. The molecule has 0 atom stereocenters. The minimum absolute atomic E-state index is 0.633. The molecule has 0 aliphatic heterocycles. The Morgan fingerprint density at radius 1 is 0.889 bits per heavy atom. The van der Waals surface area contributed by atoms with E-state index in [1.807, 2.05) is 6.07 Å². The van der Waals surface area contributed by atoms with Crippen LogP contribution in [0.3, 0.4) is 0 Å². The number of benzene rings is 2. The molecule has 0 aliphatic carbocycles. The van der Waals surface area contributed by atoms with Crippen molar-refractivity contribution in [2.24, 2.45) is 0 Å². The molecular formula is C17H20O. The molecule has 0 saturated heterocycles. The Morgan fingerprint density at radius 3 is 2.17 bits per heavy atom. The van der Waals surface area contributed by atoms with Gasteiger partial charge >= 0.3 is 0 Å². The normalized spacial score (nSPS) is 10.4. The Morgan fingerprint density at radius 2 is 1.56 bits per heavy atom. The van der Waals surface area contributed by atoms with Gasteiger partial charge in [0.15, 0.2) is 0 Å². The predicted molar refractivity (Wildman–Crippen MR) is 76.1 cm³/mol. The summed E-state index contributed by atoms with van der Waals surface area (Å²) in [7, 11) is 0. The van der Waals surface area contributed by atoms with Gasteiger partial charge in [0.25, 0.3) is 0 Å². The van der Waals surface area contributed by atoms with Crippen molar-refractivity contribution >= 4 is 0 Å². The number of aryl methyl sites for hydroxylation is 3. The molecule has 0 spiro atoms. The smallest absolute Gasteiger partial charge is 0.122 e. The standard InChI is InChI=1S/C17H20O/c1-4-15-6-8-16(9-7-15)12-18-17-10-5-13(2)11-14(17)3/h5-11H,4,12H2,1-3H3. The van der Waals surface area contributed by atoms with Crippen LogP contribution in [0, 0.1) is 13.8 Å². The van der Waals surface area contributed by atoms with Crippen molar-refractivity contribution < 1.29 is 4.74 Å². The molecule has 0 bridgehead atoms. The summed E-state index contributed by atoms with van der Waals surface area (Å²) in [6.45, 7) is 6.98. The zero-order valence-electron chi connectivity index (χ0n) is 11.4. The molecule has 0 aromatic heterocycles. The highest BCUT2D eigenvalue weighted by Crippen LogP contribution is 2.20. The minimum Gasteiger partial charge on any atom is -0.489 e. The summed E-state index contributed by atoms with van der Waals surface area (Å²) in [4.78, 5) is 0. The van der Waals surface area contributed by atoms with E-state index in [0.29, 0.717) is 6.61 Å². The van der Waals surface area contributed by atoms with E-state index in [2.05, 4.69) is 57.2 Å². The molecule has 18 heavy (non-hydrogen) atoms. The molecule has 1 nitrogen and oxygen atoms in total. The molecule has 0 aliphatic rings. The Bertz CT molecular complexity index is 512. The average Bonchev–Trinajstić information content (AvgIpc) is 2.38. The lowest BCUT2D eigenvalue weighted by Crippen LogP contribution is -1.97. The first-order chi connectivity index (χ1) is 8.69. The lowest BCUT2D eigenvalue weighted by Gasteiger charge is -2.10. The van der Waals surface area contributed by atoms with Gasteiger partial charge in [-0.1, -0.05) is 48.9 Å². The molecule has 0 saturated carbocycles. The van der Waals surface area contributed by atoms with Gasteiger partial charge < -0.3 is 4.74 Å². The highest BCUT2D eigenvalue weighted by atomic mass is 16.5. The van der Waals surface area contributed by atoms with Crippen molar-refractivity contribution in [3.63, 3.8) is 0 Å². The molecule has 1 heteroatoms. The van der Waals surface area contributed by atoms with Gasteiger partial charge in [-0.25, -0.2) is 0 Å². The summed E-state index contributed by atoms with van der Waals surface area (Å²) in [6, 6.07) is 14.9. The first-order valence-corrected chi connectivity index (χ1v) is 6.47. The molecule has 0 amide bonds. The fourth-order valence-corrected chi connectivity index (χ4v) is 1.99. The van der Waals surface area contributed by atoms with Crippen molar-refractivity contribution in [1.29, 1.82) is 0 Å². The van der Waals surface area contributed by atoms with Crippen LogP contribution < -0.4 is 4.74 Å². The second-order valence-electron chi connectivity index (χ2n) is 4.73. The Kier molecular flexibility index (Phi) is 4.03. The van der Waals surface area contributed by atoms with Crippen LogP contribution in [0.5, 0.6) is 5.75 Å². The predicted octanol–water partition coefficient (Wildman–Crippen LogP) is 4.44. The maximum atomic E-state index is 5.85. The quantitative estimate of drug-likeness (QED) is 0.767. The average molecular weight is 240 g/mol. The van der Waals surface area contributed by atoms with Gasteiger partial charge in [-0.3, -0.25) is 0 Å². The molecular weight excluding hydrogens is 220 g/mol. The fraction of sp³-hybridized carbons (Fsp3) is 0.294. The highest BCUT2D eigenvalue weighted by molar-refractivity contribution is 5.36. The van der Waals surface area contributed by atoms with Gasteiger partial charge in [0, 0.05) is 0 Å². The first kappa shape index (κ1) is 12.7. The molecule has 0 N–H and O–H groups in total. The van der Waals surface area contributed by atoms with E-state index < -0.39 is 0 Å². The summed E-state index contributed by atoms with van der Waals surface area (Å²) in [5.74, 6) is 0.972. The van der Waals surface area contributed by atoms with Crippen LogP contribution in [0.4, 0.5) is 0 Å². The first-order valence-electron chi connectivity index (χ1n) is 6.47. The van der Waals surface area contributed by atoms with Crippen molar-refractivity contribution in [2.75, 3.05) is 0 Å². The molecule has 0 fully saturated rings. The van der Waals surface area contributed by atoms with Gasteiger partial charge in [0.2, 0.25) is 0 Å². The summed E-state index contributed by atoms with van der Waals surface area (Å²) in [5.41, 5.74) is 5.05. The van der Waals surface area contributed by atoms with Crippen LogP contribution in [0.1, 0.15) is 29.2 Å². The summed E-state index contributed by atoms with van der Waals surface area (Å²) >= 11 is 0. The van der Waals surface area contributed by atoms with E-state index in [-0.39, 0.29) is 0 Å². The highest BCUT2D eigenvalue weighted by Gasteiger charge is 2.00. The Hall–Kier alpha value is -1.76. The third-order valence-electron chi connectivity index (χ3n) is 3.16. The second kappa shape index (κ2) is 5.72. The van der Waals surface area contributed by atoms with Crippen molar-refractivity contribution in [2.45, 2.75) is 33.8 Å². The zero-order valence-corrected chi connectivity index (χ0v) is 11.4. The molecule has 2 aromatic rings. The van der Waals surface area contributed by atoms with Gasteiger partial charge in [-0.2, -0.15) is 0 Å². The van der Waals surface area contributed by atoms with E-state index in [4.69, 9.17) is 4.74 Å². The monoisotopic (exact) mass is 240 g/mol. The molecule has 2 rings (SSSR count). The van der Waals surface area contributed by atoms with Crippen LogP contribution >= 0.6 is 0 Å². The van der Waals surface area contributed by atoms with E-state index in [1.165, 1.54) is 22.3 Å². The van der Waals surface area contributed by atoms with Crippen molar-refractivity contribution in [3.8, 4) is 5.75 Å². The third-order valence-corrected chi connectivity index (χ3v) is 3.16. The van der Waals surface area contributed by atoms with Gasteiger partial charge in [-0.05, 0) is 43.0 Å². The molecule has 0 radical (unpaired) electrons. The lowest BCUT2D eigenvalue weighted by atomic mass is 10.1. The SMILES string of the molecule is CCc1ccc(COc2ccc(C)cc2C)cc1. The largest absolute Gasteiger partial charge is 0.489 e. The van der Waals surface area contributed by atoms with Crippen molar-refractivity contribution in [1.82, 2.24) is 0 Å².